The highest BCUT2D eigenvalue weighted by atomic mass is 19.1. The number of hydrogen-bond acceptors (Lipinski definition) is 4. The molecule has 1 atom stereocenters. The predicted octanol–water partition coefficient (Wildman–Crippen LogP) is 5.58. The molecule has 6 nitrogen and oxygen atoms in total. The van der Waals surface area contributed by atoms with Gasteiger partial charge in [0.15, 0.2) is 0 Å². The van der Waals surface area contributed by atoms with Gasteiger partial charge in [-0.2, -0.15) is 4.98 Å². The van der Waals surface area contributed by atoms with Crippen LogP contribution in [0.2, 0.25) is 0 Å². The van der Waals surface area contributed by atoms with Crippen molar-refractivity contribution in [2.45, 2.75) is 13.0 Å². The van der Waals surface area contributed by atoms with Crippen molar-refractivity contribution in [2.75, 3.05) is 4.90 Å². The van der Waals surface area contributed by atoms with Crippen LogP contribution < -0.4 is 10.2 Å². The molecule has 2 heterocycles. The molecule has 1 aliphatic heterocycles. The van der Waals surface area contributed by atoms with Gasteiger partial charge in [-0.1, -0.05) is 71.9 Å². The Bertz CT molecular complexity index is 1300. The van der Waals surface area contributed by atoms with E-state index in [4.69, 9.17) is 4.52 Å². The first-order valence-corrected chi connectivity index (χ1v) is 10.1. The molecule has 0 radical (unpaired) electrons. The van der Waals surface area contributed by atoms with Gasteiger partial charge in [0, 0.05) is 11.3 Å². The van der Waals surface area contributed by atoms with E-state index in [-0.39, 0.29) is 11.9 Å². The van der Waals surface area contributed by atoms with E-state index in [1.165, 1.54) is 17.0 Å². The third kappa shape index (κ3) is 3.54. The molecular formula is C25H19FN4O2. The lowest BCUT2D eigenvalue weighted by molar-refractivity contribution is 0.244. The Morgan fingerprint density at radius 2 is 1.69 bits per heavy atom. The van der Waals surface area contributed by atoms with Crippen molar-refractivity contribution in [1.29, 1.82) is 0 Å². The van der Waals surface area contributed by atoms with E-state index in [2.05, 4.69) is 15.5 Å². The molecule has 4 aromatic rings. The van der Waals surface area contributed by atoms with E-state index >= 15 is 0 Å². The van der Waals surface area contributed by atoms with E-state index in [0.29, 0.717) is 22.8 Å². The summed E-state index contributed by atoms with van der Waals surface area (Å²) in [4.78, 5) is 19.1. The monoisotopic (exact) mass is 426 g/mol. The van der Waals surface area contributed by atoms with Gasteiger partial charge in [-0.05, 0) is 30.7 Å². The molecule has 0 saturated carbocycles. The first-order chi connectivity index (χ1) is 15.6. The number of halogens is 1. The number of carbonyl (C=O) groups is 1. The zero-order valence-corrected chi connectivity index (χ0v) is 17.2. The molecule has 0 fully saturated rings. The summed E-state index contributed by atoms with van der Waals surface area (Å²) in [5.74, 6) is 0.303. The first-order valence-electron chi connectivity index (χ1n) is 10.1. The fourth-order valence-corrected chi connectivity index (χ4v) is 3.88. The molecule has 0 aliphatic carbocycles. The van der Waals surface area contributed by atoms with Crippen LogP contribution in [0.1, 0.15) is 24.4 Å². The van der Waals surface area contributed by atoms with Crippen molar-refractivity contribution >= 4 is 17.3 Å². The number of allylic oxidation sites excluding steroid dienone is 1. The number of nitrogens with one attached hydrogen (secondary N) is 1. The summed E-state index contributed by atoms with van der Waals surface area (Å²) in [6, 6.07) is 24.1. The van der Waals surface area contributed by atoms with Crippen molar-refractivity contribution in [2.24, 2.45) is 0 Å². The van der Waals surface area contributed by atoms with Gasteiger partial charge in [0.25, 0.3) is 5.89 Å². The van der Waals surface area contributed by atoms with Crippen molar-refractivity contribution in [1.82, 2.24) is 15.5 Å². The minimum Gasteiger partial charge on any atom is -0.334 e. The summed E-state index contributed by atoms with van der Waals surface area (Å²) < 4.78 is 19.6. The van der Waals surface area contributed by atoms with Gasteiger partial charge in [0.2, 0.25) is 5.82 Å². The van der Waals surface area contributed by atoms with Gasteiger partial charge in [0.05, 0.1) is 17.3 Å². The summed E-state index contributed by atoms with van der Waals surface area (Å²) in [6.45, 7) is 1.79. The number of benzene rings is 3. The summed E-state index contributed by atoms with van der Waals surface area (Å²) in [7, 11) is 0. The zero-order chi connectivity index (χ0) is 22.1. The molecule has 1 N–H and O–H groups in total. The third-order valence-corrected chi connectivity index (χ3v) is 5.37. The molecule has 0 bridgehead atoms. The SMILES string of the molecule is CC1=C(c2nc(-c3ccccc3)no2)C(c2ccccc2)NC(=O)N1c1cccc(F)c1. The number of hydrogen-bond donors (Lipinski definition) is 1. The quantitative estimate of drug-likeness (QED) is 0.463. The second-order valence-corrected chi connectivity index (χ2v) is 7.40. The maximum Gasteiger partial charge on any atom is 0.327 e. The Hall–Kier alpha value is -4.26. The average Bonchev–Trinajstić information content (AvgIpc) is 3.30. The van der Waals surface area contributed by atoms with Gasteiger partial charge in [-0.3, -0.25) is 4.90 Å². The first kappa shape index (κ1) is 19.7. The fraction of sp³-hybridized carbons (Fsp3) is 0.0800. The molecule has 2 amide bonds. The highest BCUT2D eigenvalue weighted by Gasteiger charge is 2.36. The van der Waals surface area contributed by atoms with Crippen LogP contribution in [-0.4, -0.2) is 16.2 Å². The summed E-state index contributed by atoms with van der Waals surface area (Å²) in [5.41, 5.74) is 3.32. The summed E-state index contributed by atoms with van der Waals surface area (Å²) in [5, 5.41) is 7.15. The number of anilines is 1. The number of carbonyl (C=O) groups excluding carboxylic acids is 1. The smallest absolute Gasteiger partial charge is 0.327 e. The second-order valence-electron chi connectivity index (χ2n) is 7.40. The molecule has 7 heteroatoms. The maximum atomic E-state index is 13.9. The predicted molar refractivity (Wildman–Crippen MR) is 119 cm³/mol. The maximum absolute atomic E-state index is 13.9. The van der Waals surface area contributed by atoms with Gasteiger partial charge >= 0.3 is 6.03 Å². The summed E-state index contributed by atoms with van der Waals surface area (Å²) in [6.07, 6.45) is 0. The van der Waals surface area contributed by atoms with Crippen LogP contribution >= 0.6 is 0 Å². The van der Waals surface area contributed by atoms with E-state index in [1.807, 2.05) is 60.7 Å². The highest BCUT2D eigenvalue weighted by Crippen LogP contribution is 2.39. The van der Waals surface area contributed by atoms with E-state index in [9.17, 15) is 9.18 Å². The lowest BCUT2D eigenvalue weighted by atomic mass is 9.94. The highest BCUT2D eigenvalue weighted by molar-refractivity contribution is 6.01. The largest absolute Gasteiger partial charge is 0.334 e. The van der Waals surface area contributed by atoms with E-state index < -0.39 is 11.9 Å². The van der Waals surface area contributed by atoms with Crippen LogP contribution in [0.3, 0.4) is 0 Å². The van der Waals surface area contributed by atoms with Crippen molar-refractivity contribution in [3.8, 4) is 11.4 Å². The van der Waals surface area contributed by atoms with Crippen LogP contribution in [0.5, 0.6) is 0 Å². The van der Waals surface area contributed by atoms with Crippen LogP contribution in [0.25, 0.3) is 17.0 Å². The molecule has 5 rings (SSSR count). The molecule has 1 aliphatic rings. The van der Waals surface area contributed by atoms with Crippen LogP contribution in [0, 0.1) is 5.82 Å². The Balaban J connectivity index is 1.67. The molecule has 0 saturated heterocycles. The topological polar surface area (TPSA) is 71.3 Å². The van der Waals surface area contributed by atoms with E-state index in [1.54, 1.807) is 19.1 Å². The van der Waals surface area contributed by atoms with Crippen molar-refractivity contribution < 1.29 is 13.7 Å². The summed E-state index contributed by atoms with van der Waals surface area (Å²) >= 11 is 0. The molecule has 158 valence electrons. The second kappa shape index (κ2) is 8.11. The van der Waals surface area contributed by atoms with Crippen molar-refractivity contribution in [3.05, 3.63) is 108 Å². The zero-order valence-electron chi connectivity index (χ0n) is 17.2. The van der Waals surface area contributed by atoms with Gasteiger partial charge in [-0.25, -0.2) is 9.18 Å². The molecule has 3 aromatic carbocycles. The lowest BCUT2D eigenvalue weighted by Gasteiger charge is -2.35. The molecule has 0 spiro atoms. The van der Waals surface area contributed by atoms with Crippen LogP contribution in [-0.2, 0) is 0 Å². The van der Waals surface area contributed by atoms with Crippen LogP contribution in [0.15, 0.2) is 95.1 Å². The third-order valence-electron chi connectivity index (χ3n) is 5.37. The number of amides is 2. The minimum atomic E-state index is -0.502. The van der Waals surface area contributed by atoms with Crippen LogP contribution in [0.4, 0.5) is 14.9 Å². The number of aromatic nitrogens is 2. The Kier molecular flexibility index (Phi) is 4.99. The number of urea groups is 1. The Labute approximate surface area is 184 Å². The molecular weight excluding hydrogens is 407 g/mol. The van der Waals surface area contributed by atoms with Gasteiger partial charge < -0.3 is 9.84 Å². The normalized spacial score (nSPS) is 16.2. The van der Waals surface area contributed by atoms with Gasteiger partial charge in [-0.15, -0.1) is 0 Å². The standard InChI is InChI=1S/C25H19FN4O2/c1-16-21(24-28-23(29-32-24)18-11-6-3-7-12-18)22(17-9-4-2-5-10-17)27-25(31)30(16)20-14-8-13-19(26)15-20/h2-15,22H,1H3,(H,27,31). The molecule has 1 aromatic heterocycles. The Morgan fingerprint density at radius 3 is 2.41 bits per heavy atom. The number of nitrogens with zero attached hydrogens (tertiary/aromatic N) is 3. The fourth-order valence-electron chi connectivity index (χ4n) is 3.88. The minimum absolute atomic E-state index is 0.289. The molecule has 32 heavy (non-hydrogen) atoms. The Morgan fingerprint density at radius 1 is 0.969 bits per heavy atom. The van der Waals surface area contributed by atoms with Gasteiger partial charge in [0.1, 0.15) is 5.82 Å². The number of rotatable bonds is 4. The van der Waals surface area contributed by atoms with Crippen molar-refractivity contribution in [3.63, 3.8) is 0 Å². The van der Waals surface area contributed by atoms with E-state index in [0.717, 1.165) is 11.1 Å². The molecule has 1 unspecified atom stereocenters. The lowest BCUT2D eigenvalue weighted by Crippen LogP contribution is -2.46. The average molecular weight is 426 g/mol.